The number of hydrogen-bond donors (Lipinski definition) is 0. The van der Waals surface area contributed by atoms with Gasteiger partial charge in [-0.15, -0.1) is 0 Å². The Morgan fingerprint density at radius 3 is 2.79 bits per heavy atom. The van der Waals surface area contributed by atoms with Gasteiger partial charge in [-0.05, 0) is 30.5 Å². The molecule has 0 saturated carbocycles. The Kier molecular flexibility index (Phi) is 2.06. The van der Waals surface area contributed by atoms with Crippen LogP contribution in [0.25, 0.3) is 0 Å². The predicted molar refractivity (Wildman–Crippen MR) is 56.3 cm³/mol. The maximum Gasteiger partial charge on any atom is 0.254 e. The lowest BCUT2D eigenvalue weighted by molar-refractivity contribution is 0.0784. The molecule has 0 bridgehead atoms. The standard InChI is InChI=1S/C12H15NO/c1-4-9-5-6-10-11(7-9)8(2)13(3)12(10)14/h5-8H,4H2,1-3H3. The lowest BCUT2D eigenvalue weighted by atomic mass is 10.0. The fourth-order valence-corrected chi connectivity index (χ4v) is 1.95. The number of amides is 1. The predicted octanol–water partition coefficient (Wildman–Crippen LogP) is 2.40. The average molecular weight is 189 g/mol. The number of carbonyl (C=O) groups excluding carboxylic acids is 1. The van der Waals surface area contributed by atoms with Crippen molar-refractivity contribution in [3.63, 3.8) is 0 Å². The highest BCUT2D eigenvalue weighted by atomic mass is 16.2. The van der Waals surface area contributed by atoms with E-state index >= 15 is 0 Å². The lowest BCUT2D eigenvalue weighted by Gasteiger charge is -2.15. The van der Waals surface area contributed by atoms with Gasteiger partial charge >= 0.3 is 0 Å². The third-order valence-corrected chi connectivity index (χ3v) is 3.11. The molecular weight excluding hydrogens is 174 g/mol. The molecule has 0 fully saturated rings. The zero-order chi connectivity index (χ0) is 10.3. The van der Waals surface area contributed by atoms with Crippen LogP contribution in [-0.2, 0) is 6.42 Å². The molecule has 0 aromatic heterocycles. The Balaban J connectivity index is 2.53. The van der Waals surface area contributed by atoms with Crippen molar-refractivity contribution in [1.29, 1.82) is 0 Å². The molecule has 1 unspecified atom stereocenters. The maximum atomic E-state index is 11.7. The van der Waals surface area contributed by atoms with E-state index in [1.165, 1.54) is 11.1 Å². The minimum absolute atomic E-state index is 0.148. The van der Waals surface area contributed by atoms with Gasteiger partial charge < -0.3 is 4.90 Å². The van der Waals surface area contributed by atoms with E-state index in [9.17, 15) is 4.79 Å². The molecule has 1 aliphatic heterocycles. The van der Waals surface area contributed by atoms with Crippen molar-refractivity contribution in [1.82, 2.24) is 4.90 Å². The largest absolute Gasteiger partial charge is 0.335 e. The van der Waals surface area contributed by atoms with Gasteiger partial charge in [0.15, 0.2) is 0 Å². The Morgan fingerprint density at radius 2 is 2.14 bits per heavy atom. The smallest absolute Gasteiger partial charge is 0.254 e. The van der Waals surface area contributed by atoms with Crippen LogP contribution >= 0.6 is 0 Å². The van der Waals surface area contributed by atoms with Crippen molar-refractivity contribution < 1.29 is 4.79 Å². The van der Waals surface area contributed by atoms with Gasteiger partial charge in [0, 0.05) is 12.6 Å². The summed E-state index contributed by atoms with van der Waals surface area (Å²) in [6.07, 6.45) is 1.03. The molecule has 1 aromatic rings. The summed E-state index contributed by atoms with van der Waals surface area (Å²) < 4.78 is 0. The quantitative estimate of drug-likeness (QED) is 0.664. The van der Waals surface area contributed by atoms with Crippen LogP contribution in [0.2, 0.25) is 0 Å². The first-order valence-electron chi connectivity index (χ1n) is 5.05. The van der Waals surface area contributed by atoms with Crippen LogP contribution < -0.4 is 0 Å². The molecule has 2 nitrogen and oxygen atoms in total. The molecule has 1 amide bonds. The van der Waals surface area contributed by atoms with Crippen molar-refractivity contribution in [3.05, 3.63) is 34.9 Å². The summed E-state index contributed by atoms with van der Waals surface area (Å²) in [4.78, 5) is 13.5. The first-order chi connectivity index (χ1) is 6.65. The van der Waals surface area contributed by atoms with Crippen LogP contribution in [0.4, 0.5) is 0 Å². The summed E-state index contributed by atoms with van der Waals surface area (Å²) in [7, 11) is 1.86. The van der Waals surface area contributed by atoms with Crippen LogP contribution in [0.3, 0.4) is 0 Å². The minimum atomic E-state index is 0.148. The van der Waals surface area contributed by atoms with E-state index in [0.29, 0.717) is 0 Å². The van der Waals surface area contributed by atoms with Gasteiger partial charge in [-0.2, -0.15) is 0 Å². The second-order valence-corrected chi connectivity index (χ2v) is 3.87. The van der Waals surface area contributed by atoms with Gasteiger partial charge in [-0.1, -0.05) is 19.1 Å². The molecule has 1 aliphatic rings. The zero-order valence-electron chi connectivity index (χ0n) is 8.87. The van der Waals surface area contributed by atoms with E-state index < -0.39 is 0 Å². The van der Waals surface area contributed by atoms with Gasteiger partial charge in [-0.3, -0.25) is 4.79 Å². The van der Waals surface area contributed by atoms with Gasteiger partial charge in [0.2, 0.25) is 0 Å². The molecule has 0 saturated heterocycles. The van der Waals surface area contributed by atoms with E-state index in [1.807, 2.05) is 19.2 Å². The molecule has 1 heterocycles. The fourth-order valence-electron chi connectivity index (χ4n) is 1.95. The lowest BCUT2D eigenvalue weighted by Crippen LogP contribution is -2.20. The van der Waals surface area contributed by atoms with E-state index in [0.717, 1.165) is 12.0 Å². The molecule has 0 spiro atoms. The zero-order valence-corrected chi connectivity index (χ0v) is 8.87. The summed E-state index contributed by atoms with van der Waals surface area (Å²) in [5.74, 6) is 0.148. The minimum Gasteiger partial charge on any atom is -0.335 e. The van der Waals surface area contributed by atoms with Crippen molar-refractivity contribution in [3.8, 4) is 0 Å². The Hall–Kier alpha value is -1.31. The molecule has 0 radical (unpaired) electrons. The normalized spacial score (nSPS) is 20.1. The average Bonchev–Trinajstić information content (AvgIpc) is 2.44. The van der Waals surface area contributed by atoms with Crippen LogP contribution in [0.1, 0.15) is 41.4 Å². The summed E-state index contributed by atoms with van der Waals surface area (Å²) in [6.45, 7) is 4.20. The third-order valence-electron chi connectivity index (χ3n) is 3.11. The molecule has 2 heteroatoms. The molecule has 0 aliphatic carbocycles. The highest BCUT2D eigenvalue weighted by molar-refractivity contribution is 5.99. The summed E-state index contributed by atoms with van der Waals surface area (Å²) >= 11 is 0. The highest BCUT2D eigenvalue weighted by Gasteiger charge is 2.30. The summed E-state index contributed by atoms with van der Waals surface area (Å²) in [5.41, 5.74) is 3.35. The molecule has 74 valence electrons. The van der Waals surface area contributed by atoms with Crippen molar-refractivity contribution in [2.45, 2.75) is 26.3 Å². The monoisotopic (exact) mass is 189 g/mol. The molecular formula is C12H15NO. The second kappa shape index (κ2) is 3.12. The Morgan fingerprint density at radius 1 is 1.43 bits per heavy atom. The number of fused-ring (bicyclic) bond motifs is 1. The number of hydrogen-bond acceptors (Lipinski definition) is 1. The number of carbonyl (C=O) groups is 1. The number of rotatable bonds is 1. The van der Waals surface area contributed by atoms with Crippen LogP contribution in [0.5, 0.6) is 0 Å². The molecule has 14 heavy (non-hydrogen) atoms. The summed E-state index contributed by atoms with van der Waals surface area (Å²) in [5, 5.41) is 0. The van der Waals surface area contributed by atoms with E-state index in [2.05, 4.69) is 19.9 Å². The number of benzene rings is 1. The van der Waals surface area contributed by atoms with Gasteiger partial charge in [0.25, 0.3) is 5.91 Å². The van der Waals surface area contributed by atoms with E-state index in [-0.39, 0.29) is 11.9 Å². The topological polar surface area (TPSA) is 20.3 Å². The second-order valence-electron chi connectivity index (χ2n) is 3.87. The molecule has 2 rings (SSSR count). The van der Waals surface area contributed by atoms with E-state index in [4.69, 9.17) is 0 Å². The SMILES string of the molecule is CCc1ccc2c(c1)C(C)N(C)C2=O. The van der Waals surface area contributed by atoms with Gasteiger partial charge in [-0.25, -0.2) is 0 Å². The number of aryl methyl sites for hydroxylation is 1. The first kappa shape index (κ1) is 9.25. The van der Waals surface area contributed by atoms with Gasteiger partial charge in [0.1, 0.15) is 0 Å². The van der Waals surface area contributed by atoms with E-state index in [1.54, 1.807) is 4.90 Å². The summed E-state index contributed by atoms with van der Waals surface area (Å²) in [6, 6.07) is 6.38. The first-order valence-corrected chi connectivity index (χ1v) is 5.05. The Labute approximate surface area is 84.5 Å². The van der Waals surface area contributed by atoms with Gasteiger partial charge in [0.05, 0.1) is 6.04 Å². The highest BCUT2D eigenvalue weighted by Crippen LogP contribution is 2.32. The van der Waals surface area contributed by atoms with Crippen molar-refractivity contribution >= 4 is 5.91 Å². The van der Waals surface area contributed by atoms with Crippen LogP contribution in [-0.4, -0.2) is 17.9 Å². The van der Waals surface area contributed by atoms with Crippen molar-refractivity contribution in [2.75, 3.05) is 7.05 Å². The fraction of sp³-hybridized carbons (Fsp3) is 0.417. The van der Waals surface area contributed by atoms with Crippen molar-refractivity contribution in [2.24, 2.45) is 0 Å². The van der Waals surface area contributed by atoms with Crippen LogP contribution in [0, 0.1) is 0 Å². The molecule has 1 atom stereocenters. The molecule has 0 N–H and O–H groups in total. The number of nitrogens with zero attached hydrogens (tertiary/aromatic N) is 1. The van der Waals surface area contributed by atoms with Crippen LogP contribution in [0.15, 0.2) is 18.2 Å². The third kappa shape index (κ3) is 1.14. The Bertz CT molecular complexity index is 384. The maximum absolute atomic E-state index is 11.7. The molecule has 1 aromatic carbocycles.